The summed E-state index contributed by atoms with van der Waals surface area (Å²) in [6.45, 7) is 1.82. The molecule has 1 heterocycles. The molecule has 176 valence electrons. The summed E-state index contributed by atoms with van der Waals surface area (Å²) in [5.74, 6) is -0.298. The maximum Gasteiger partial charge on any atom is 0.413 e. The van der Waals surface area contributed by atoms with Gasteiger partial charge in [-0.3, -0.25) is 15.2 Å². The summed E-state index contributed by atoms with van der Waals surface area (Å²) in [7, 11) is 0. The van der Waals surface area contributed by atoms with Gasteiger partial charge in [0.15, 0.2) is 0 Å². The van der Waals surface area contributed by atoms with E-state index < -0.39 is 23.6 Å². The van der Waals surface area contributed by atoms with E-state index >= 15 is 0 Å². The van der Waals surface area contributed by atoms with Crippen LogP contribution in [0.2, 0.25) is 0 Å². The summed E-state index contributed by atoms with van der Waals surface area (Å²) in [6, 6.07) is 25.1. The average Bonchev–Trinajstić information content (AvgIpc) is 3.58. The van der Waals surface area contributed by atoms with Gasteiger partial charge in [-0.15, -0.1) is 0 Å². The molecular formula is C28H25N3O4. The molecule has 1 aliphatic carbocycles. The zero-order valence-electron chi connectivity index (χ0n) is 19.2. The number of benzene rings is 3. The van der Waals surface area contributed by atoms with Gasteiger partial charge in [0.2, 0.25) is 0 Å². The first-order valence-corrected chi connectivity index (χ1v) is 11.5. The normalized spacial score (nSPS) is 14.7. The molecule has 35 heavy (non-hydrogen) atoms. The summed E-state index contributed by atoms with van der Waals surface area (Å²) in [5.41, 5.74) is 4.70. The van der Waals surface area contributed by atoms with E-state index in [1.54, 1.807) is 6.20 Å². The van der Waals surface area contributed by atoms with Crippen LogP contribution in [-0.2, 0) is 14.9 Å². The zero-order valence-corrected chi connectivity index (χ0v) is 19.2. The van der Waals surface area contributed by atoms with Gasteiger partial charge in [0.1, 0.15) is 11.9 Å². The van der Waals surface area contributed by atoms with Crippen LogP contribution in [0.4, 0.5) is 10.6 Å². The van der Waals surface area contributed by atoms with Crippen molar-refractivity contribution in [3.05, 3.63) is 96.2 Å². The number of carbonyl (C=O) groups excluding carboxylic acids is 1. The molecule has 7 nitrogen and oxygen atoms in total. The minimum Gasteiger partial charge on any atom is -0.481 e. The van der Waals surface area contributed by atoms with Gasteiger partial charge >= 0.3 is 12.1 Å². The number of rotatable bonds is 7. The number of amides is 1. The SMILES string of the molecule is CC(OC(=O)Nc1[nH]ncc1-c1ccc(-c2ccc(C3(C(=O)O)CC3)cc2)cc1)c1ccccc1. The number of carboxylic acids is 1. The molecule has 0 aliphatic heterocycles. The van der Waals surface area contributed by atoms with Crippen molar-refractivity contribution in [2.45, 2.75) is 31.3 Å². The van der Waals surface area contributed by atoms with E-state index in [0.29, 0.717) is 18.7 Å². The number of nitrogens with one attached hydrogen (secondary N) is 2. The van der Waals surface area contributed by atoms with E-state index in [4.69, 9.17) is 4.74 Å². The third-order valence-corrected chi connectivity index (χ3v) is 6.55. The lowest BCUT2D eigenvalue weighted by Gasteiger charge is -2.14. The second kappa shape index (κ2) is 9.10. The Morgan fingerprint density at radius 3 is 2.14 bits per heavy atom. The number of H-pyrrole nitrogens is 1. The topological polar surface area (TPSA) is 104 Å². The fourth-order valence-electron chi connectivity index (χ4n) is 4.26. The van der Waals surface area contributed by atoms with Crippen molar-refractivity contribution in [3.63, 3.8) is 0 Å². The minimum absolute atomic E-state index is 0.390. The lowest BCUT2D eigenvalue weighted by Crippen LogP contribution is -2.19. The average molecular weight is 468 g/mol. The maximum absolute atomic E-state index is 12.4. The number of aromatic amines is 1. The molecule has 1 amide bonds. The molecule has 1 fully saturated rings. The van der Waals surface area contributed by atoms with Crippen LogP contribution in [0, 0.1) is 0 Å². The lowest BCUT2D eigenvalue weighted by atomic mass is 9.93. The molecule has 7 heteroatoms. The van der Waals surface area contributed by atoms with Gasteiger partial charge in [0, 0.05) is 5.56 Å². The van der Waals surface area contributed by atoms with E-state index in [9.17, 15) is 14.7 Å². The number of carbonyl (C=O) groups is 2. The van der Waals surface area contributed by atoms with Crippen molar-refractivity contribution < 1.29 is 19.4 Å². The Hall–Kier alpha value is -4.39. The van der Waals surface area contributed by atoms with Gasteiger partial charge < -0.3 is 9.84 Å². The molecule has 0 radical (unpaired) electrons. The van der Waals surface area contributed by atoms with Crippen LogP contribution in [0.15, 0.2) is 85.1 Å². The van der Waals surface area contributed by atoms with E-state index in [2.05, 4.69) is 15.5 Å². The van der Waals surface area contributed by atoms with Gasteiger partial charge in [-0.1, -0.05) is 78.9 Å². The summed E-state index contributed by atoms with van der Waals surface area (Å²) >= 11 is 0. The van der Waals surface area contributed by atoms with Crippen molar-refractivity contribution >= 4 is 17.9 Å². The van der Waals surface area contributed by atoms with Crippen LogP contribution >= 0.6 is 0 Å². The van der Waals surface area contributed by atoms with E-state index in [-0.39, 0.29) is 0 Å². The summed E-state index contributed by atoms with van der Waals surface area (Å²) < 4.78 is 5.50. The highest BCUT2D eigenvalue weighted by Gasteiger charge is 2.51. The number of aliphatic carboxylic acids is 1. The fraction of sp³-hybridized carbons (Fsp3) is 0.179. The summed E-state index contributed by atoms with van der Waals surface area (Å²) in [6.07, 6.45) is 2.07. The maximum atomic E-state index is 12.4. The standard InChI is InChI=1S/C28H25N3O4/c1-18(19-5-3-2-4-6-19)35-27(34)30-25-24(17-29-31-25)22-9-7-20(8-10-22)21-11-13-23(14-12-21)28(15-16-28)26(32)33/h2-14,17-18H,15-16H2,1H3,(H,32,33)(H2,29,30,31,34). The second-order valence-corrected chi connectivity index (χ2v) is 8.78. The third kappa shape index (κ3) is 4.53. The summed E-state index contributed by atoms with van der Waals surface area (Å²) in [4.78, 5) is 24.0. The van der Waals surface area contributed by atoms with Gasteiger partial charge in [0.25, 0.3) is 0 Å². The van der Waals surface area contributed by atoms with E-state index in [0.717, 1.165) is 33.4 Å². The Bertz CT molecular complexity index is 1340. The minimum atomic E-state index is -0.752. The van der Waals surface area contributed by atoms with Crippen LogP contribution in [0.3, 0.4) is 0 Å². The Morgan fingerprint density at radius 2 is 1.54 bits per heavy atom. The van der Waals surface area contributed by atoms with Gasteiger partial charge in [-0.2, -0.15) is 5.10 Å². The number of aromatic nitrogens is 2. The van der Waals surface area contributed by atoms with Crippen LogP contribution < -0.4 is 5.32 Å². The number of anilines is 1. The van der Waals surface area contributed by atoms with Crippen molar-refractivity contribution in [2.24, 2.45) is 0 Å². The number of hydrogen-bond acceptors (Lipinski definition) is 4. The quantitative estimate of drug-likeness (QED) is 0.301. The number of nitrogens with zero attached hydrogens (tertiary/aromatic N) is 1. The van der Waals surface area contributed by atoms with Gasteiger partial charge in [-0.05, 0) is 47.6 Å². The molecule has 1 saturated carbocycles. The van der Waals surface area contributed by atoms with Crippen LogP contribution in [-0.4, -0.2) is 27.4 Å². The molecule has 0 saturated heterocycles. The van der Waals surface area contributed by atoms with Gasteiger partial charge in [0.05, 0.1) is 11.6 Å². The zero-order chi connectivity index (χ0) is 24.4. The fourth-order valence-corrected chi connectivity index (χ4v) is 4.26. The predicted molar refractivity (Wildman–Crippen MR) is 133 cm³/mol. The summed E-state index contributed by atoms with van der Waals surface area (Å²) in [5, 5.41) is 19.1. The van der Waals surface area contributed by atoms with Crippen LogP contribution in [0.25, 0.3) is 22.3 Å². The Morgan fingerprint density at radius 1 is 0.943 bits per heavy atom. The largest absolute Gasteiger partial charge is 0.481 e. The molecular weight excluding hydrogens is 442 g/mol. The first-order valence-electron chi connectivity index (χ1n) is 11.5. The first kappa shape index (κ1) is 22.4. The van der Waals surface area contributed by atoms with E-state index in [1.807, 2.05) is 85.8 Å². The number of hydrogen-bond donors (Lipinski definition) is 3. The highest BCUT2D eigenvalue weighted by Crippen LogP contribution is 2.48. The smallest absolute Gasteiger partial charge is 0.413 e. The molecule has 5 rings (SSSR count). The van der Waals surface area contributed by atoms with Crippen LogP contribution in [0.5, 0.6) is 0 Å². The highest BCUT2D eigenvalue weighted by molar-refractivity contribution is 5.90. The second-order valence-electron chi connectivity index (χ2n) is 8.78. The molecule has 1 aromatic heterocycles. The lowest BCUT2D eigenvalue weighted by molar-refractivity contribution is -0.140. The molecule has 0 bridgehead atoms. The molecule has 1 aliphatic rings. The molecule has 3 aromatic carbocycles. The molecule has 1 unspecified atom stereocenters. The molecule has 0 spiro atoms. The van der Waals surface area contributed by atoms with Crippen molar-refractivity contribution in [1.82, 2.24) is 10.2 Å². The van der Waals surface area contributed by atoms with Crippen LogP contribution in [0.1, 0.15) is 37.0 Å². The van der Waals surface area contributed by atoms with E-state index in [1.165, 1.54) is 0 Å². The molecule has 3 N–H and O–H groups in total. The van der Waals surface area contributed by atoms with Crippen molar-refractivity contribution in [1.29, 1.82) is 0 Å². The monoisotopic (exact) mass is 467 g/mol. The Kier molecular flexibility index (Phi) is 5.82. The van der Waals surface area contributed by atoms with Gasteiger partial charge in [-0.25, -0.2) is 4.79 Å². The molecule has 4 aromatic rings. The highest BCUT2D eigenvalue weighted by atomic mass is 16.6. The number of carboxylic acid groups (broad SMARTS) is 1. The molecule has 1 atom stereocenters. The Labute approximate surface area is 202 Å². The first-order chi connectivity index (χ1) is 17.0. The van der Waals surface area contributed by atoms with Crippen molar-refractivity contribution in [2.75, 3.05) is 5.32 Å². The number of ether oxygens (including phenoxy) is 1. The Balaban J connectivity index is 1.27. The predicted octanol–water partition coefficient (Wildman–Crippen LogP) is 6.17. The van der Waals surface area contributed by atoms with Crippen molar-refractivity contribution in [3.8, 4) is 22.3 Å². The third-order valence-electron chi connectivity index (χ3n) is 6.55.